The number of carbonyl (C=O) groups excluding carboxylic acids is 1. The zero-order valence-electron chi connectivity index (χ0n) is 3.23. The van der Waals surface area contributed by atoms with Gasteiger partial charge in [0.2, 0.25) is 0 Å². The third kappa shape index (κ3) is 0.763. The minimum Gasteiger partial charge on any atom is -0.354 e. The number of carbonyl (C=O) groups is 1. The number of hydrogen-bond acceptors (Lipinski definition) is 2. The molecule has 1 unspecified atom stereocenters. The van der Waals surface area contributed by atoms with Crippen molar-refractivity contribution in [2.24, 2.45) is 0 Å². The van der Waals surface area contributed by atoms with Gasteiger partial charge in [-0.1, -0.05) is 0 Å². The lowest BCUT2D eigenvalue weighted by atomic mass is 10.5. The molecular weight excluding hydrogens is 99.0 g/mol. The highest BCUT2D eigenvalue weighted by atomic mass is 31.1. The molecule has 1 saturated heterocycles. The molecule has 0 aliphatic carbocycles. The molecule has 0 N–H and O–H groups in total. The van der Waals surface area contributed by atoms with E-state index in [9.17, 15) is 4.79 Å². The molecule has 1 atom stereocenters. The quantitative estimate of drug-likeness (QED) is 0.419. The molecule has 0 aromatic carbocycles. The van der Waals surface area contributed by atoms with Gasteiger partial charge in [0.05, 0.1) is 15.4 Å². The highest BCUT2D eigenvalue weighted by Crippen LogP contribution is 2.22. The largest absolute Gasteiger partial charge is 0.354 e. The SMILES string of the molecule is O=C1CCOP1. The fourth-order valence-electron chi connectivity index (χ4n) is 0.326. The number of hydrogen-bond donors (Lipinski definition) is 0. The van der Waals surface area contributed by atoms with Crippen molar-refractivity contribution in [1.82, 2.24) is 0 Å². The van der Waals surface area contributed by atoms with Gasteiger partial charge in [-0.2, -0.15) is 0 Å². The Kier molecular flexibility index (Phi) is 1.18. The van der Waals surface area contributed by atoms with Gasteiger partial charge in [-0.05, 0) is 0 Å². The minimum absolute atomic E-state index is 0.144. The van der Waals surface area contributed by atoms with E-state index in [1.54, 1.807) is 0 Å². The van der Waals surface area contributed by atoms with Crippen LogP contribution in [0.15, 0.2) is 0 Å². The van der Waals surface area contributed by atoms with Crippen molar-refractivity contribution in [3.8, 4) is 0 Å². The average molecular weight is 104 g/mol. The summed E-state index contributed by atoms with van der Waals surface area (Å²) in [5, 5.41) is 0. The van der Waals surface area contributed by atoms with Crippen molar-refractivity contribution < 1.29 is 9.32 Å². The summed E-state index contributed by atoms with van der Waals surface area (Å²) < 4.78 is 4.73. The van der Waals surface area contributed by atoms with Gasteiger partial charge < -0.3 is 4.52 Å². The molecule has 6 heavy (non-hydrogen) atoms. The summed E-state index contributed by atoms with van der Waals surface area (Å²) >= 11 is 0. The molecule has 1 fully saturated rings. The fraction of sp³-hybridized carbons (Fsp3) is 0.667. The predicted octanol–water partition coefficient (Wildman–Crippen LogP) is 0.527. The summed E-state index contributed by atoms with van der Waals surface area (Å²) in [6.45, 7) is 0.650. The van der Waals surface area contributed by atoms with Crippen LogP contribution in [0.5, 0.6) is 0 Å². The van der Waals surface area contributed by atoms with Crippen LogP contribution >= 0.6 is 8.81 Å². The summed E-state index contributed by atoms with van der Waals surface area (Å²) in [4.78, 5) is 10.1. The highest BCUT2D eigenvalue weighted by Gasteiger charge is 2.08. The van der Waals surface area contributed by atoms with Gasteiger partial charge >= 0.3 is 0 Å². The van der Waals surface area contributed by atoms with Gasteiger partial charge in [0.15, 0.2) is 5.52 Å². The summed E-state index contributed by atoms with van der Waals surface area (Å²) in [7, 11) is 0.144. The number of rotatable bonds is 0. The van der Waals surface area contributed by atoms with Crippen molar-refractivity contribution in [3.63, 3.8) is 0 Å². The molecule has 3 heteroatoms. The van der Waals surface area contributed by atoms with E-state index in [0.717, 1.165) is 0 Å². The van der Waals surface area contributed by atoms with E-state index in [1.807, 2.05) is 0 Å². The predicted molar refractivity (Wildman–Crippen MR) is 23.9 cm³/mol. The Hall–Kier alpha value is 0.0600. The first-order valence-electron chi connectivity index (χ1n) is 1.80. The van der Waals surface area contributed by atoms with Gasteiger partial charge in [0, 0.05) is 6.42 Å². The van der Waals surface area contributed by atoms with E-state index in [2.05, 4.69) is 0 Å². The van der Waals surface area contributed by atoms with Crippen LogP contribution in [0.1, 0.15) is 6.42 Å². The Morgan fingerprint density at radius 3 is 2.83 bits per heavy atom. The van der Waals surface area contributed by atoms with Crippen molar-refractivity contribution in [3.05, 3.63) is 0 Å². The zero-order valence-corrected chi connectivity index (χ0v) is 4.23. The summed E-state index contributed by atoms with van der Waals surface area (Å²) in [5.74, 6) is 0. The van der Waals surface area contributed by atoms with Crippen molar-refractivity contribution in [2.75, 3.05) is 6.61 Å². The van der Waals surface area contributed by atoms with Crippen LogP contribution in [0.25, 0.3) is 0 Å². The molecule has 0 radical (unpaired) electrons. The molecular formula is C3H5O2P. The van der Waals surface area contributed by atoms with Crippen molar-refractivity contribution >= 4 is 14.3 Å². The molecule has 34 valence electrons. The topological polar surface area (TPSA) is 26.3 Å². The third-order valence-corrected chi connectivity index (χ3v) is 1.44. The van der Waals surface area contributed by atoms with Gasteiger partial charge in [-0.15, -0.1) is 0 Å². The summed E-state index contributed by atoms with van der Waals surface area (Å²) in [6, 6.07) is 0. The summed E-state index contributed by atoms with van der Waals surface area (Å²) in [6.07, 6.45) is 0.637. The average Bonchev–Trinajstić information content (AvgIpc) is 1.86. The Bertz CT molecular complexity index is 63.2. The molecule has 2 nitrogen and oxygen atoms in total. The molecule has 0 spiro atoms. The van der Waals surface area contributed by atoms with E-state index in [1.165, 1.54) is 0 Å². The first-order chi connectivity index (χ1) is 2.89. The van der Waals surface area contributed by atoms with Crippen LogP contribution in [0.4, 0.5) is 0 Å². The molecule has 0 amide bonds. The smallest absolute Gasteiger partial charge is 0.180 e. The maximum absolute atomic E-state index is 10.1. The first-order valence-corrected chi connectivity index (χ1v) is 2.71. The van der Waals surface area contributed by atoms with E-state index in [4.69, 9.17) is 4.52 Å². The van der Waals surface area contributed by atoms with Gasteiger partial charge in [-0.3, -0.25) is 4.79 Å². The maximum Gasteiger partial charge on any atom is 0.180 e. The molecule has 1 aliphatic heterocycles. The lowest BCUT2D eigenvalue weighted by Crippen LogP contribution is -1.78. The molecule has 0 aromatic rings. The second-order valence-corrected chi connectivity index (χ2v) is 2.17. The maximum atomic E-state index is 10.1. The van der Waals surface area contributed by atoms with Gasteiger partial charge in [0.1, 0.15) is 0 Å². The molecule has 1 aliphatic rings. The zero-order chi connectivity index (χ0) is 4.41. The molecule has 0 saturated carbocycles. The van der Waals surface area contributed by atoms with Crippen LogP contribution in [-0.4, -0.2) is 12.1 Å². The third-order valence-electron chi connectivity index (χ3n) is 0.617. The molecule has 0 aromatic heterocycles. The molecule has 1 heterocycles. The fourth-order valence-corrected chi connectivity index (χ4v) is 0.896. The van der Waals surface area contributed by atoms with Crippen molar-refractivity contribution in [1.29, 1.82) is 0 Å². The van der Waals surface area contributed by atoms with Crippen LogP contribution in [0, 0.1) is 0 Å². The standard InChI is InChI=1S/C3H5O2P/c4-3-1-2-5-6-3/h6H,1-2H2. The second kappa shape index (κ2) is 1.67. The lowest BCUT2D eigenvalue weighted by Gasteiger charge is -1.75. The van der Waals surface area contributed by atoms with Crippen LogP contribution < -0.4 is 0 Å². The Labute approximate surface area is 37.7 Å². The first kappa shape index (κ1) is 4.23. The molecule has 0 bridgehead atoms. The van der Waals surface area contributed by atoms with E-state index in [-0.39, 0.29) is 14.3 Å². The molecule has 1 rings (SSSR count). The second-order valence-electron chi connectivity index (χ2n) is 1.12. The Balaban J connectivity index is 2.37. The Morgan fingerprint density at radius 2 is 2.67 bits per heavy atom. The van der Waals surface area contributed by atoms with E-state index >= 15 is 0 Å². The van der Waals surface area contributed by atoms with E-state index < -0.39 is 0 Å². The van der Waals surface area contributed by atoms with Crippen molar-refractivity contribution in [2.45, 2.75) is 6.42 Å². The highest BCUT2D eigenvalue weighted by molar-refractivity contribution is 7.53. The monoisotopic (exact) mass is 104 g/mol. The van der Waals surface area contributed by atoms with E-state index in [0.29, 0.717) is 13.0 Å². The van der Waals surface area contributed by atoms with Crippen LogP contribution in [0.3, 0.4) is 0 Å². The van der Waals surface area contributed by atoms with Crippen LogP contribution in [-0.2, 0) is 9.32 Å². The van der Waals surface area contributed by atoms with Crippen LogP contribution in [0.2, 0.25) is 0 Å². The Morgan fingerprint density at radius 1 is 1.83 bits per heavy atom. The van der Waals surface area contributed by atoms with Gasteiger partial charge in [-0.25, -0.2) is 0 Å². The van der Waals surface area contributed by atoms with Gasteiger partial charge in [0.25, 0.3) is 0 Å². The lowest BCUT2D eigenvalue weighted by molar-refractivity contribution is -0.110. The minimum atomic E-state index is 0.144. The normalized spacial score (nSPS) is 26.3. The summed E-state index contributed by atoms with van der Waals surface area (Å²) in [5.41, 5.74) is 0.259.